The SMILES string of the molecule is Cc1ccc(C(C)NC(=O)c2ccc(C)c(N(C)S(=O)(=O)c3ccc(C)cc3)c2)cc1. The Morgan fingerprint density at radius 3 is 2.00 bits per heavy atom. The standard InChI is InChI=1S/C25H28N2O3S/c1-17-6-11-21(12-7-17)20(4)26-25(28)22-13-10-19(3)24(16-22)27(5)31(29,30)23-14-8-18(2)9-15-23/h6-16,20H,1-5H3,(H,26,28). The molecule has 31 heavy (non-hydrogen) atoms. The fraction of sp³-hybridized carbons (Fsp3) is 0.240. The van der Waals surface area contributed by atoms with Crippen LogP contribution in [0.2, 0.25) is 0 Å². The molecule has 162 valence electrons. The van der Waals surface area contributed by atoms with Crippen molar-refractivity contribution in [1.29, 1.82) is 0 Å². The highest BCUT2D eigenvalue weighted by Gasteiger charge is 2.23. The predicted molar refractivity (Wildman–Crippen MR) is 125 cm³/mol. The minimum Gasteiger partial charge on any atom is -0.346 e. The van der Waals surface area contributed by atoms with E-state index < -0.39 is 10.0 Å². The molecule has 0 aromatic heterocycles. The number of hydrogen-bond acceptors (Lipinski definition) is 3. The van der Waals surface area contributed by atoms with Crippen LogP contribution in [0.1, 0.15) is 45.6 Å². The maximum atomic E-state index is 13.1. The summed E-state index contributed by atoms with van der Waals surface area (Å²) in [5, 5.41) is 2.99. The molecule has 0 heterocycles. The number of nitrogens with zero attached hydrogens (tertiary/aromatic N) is 1. The van der Waals surface area contributed by atoms with Crippen LogP contribution >= 0.6 is 0 Å². The summed E-state index contributed by atoms with van der Waals surface area (Å²) in [5.41, 5.74) is 4.79. The zero-order valence-corrected chi connectivity index (χ0v) is 19.3. The third-order valence-electron chi connectivity index (χ3n) is 5.41. The molecule has 5 nitrogen and oxygen atoms in total. The summed E-state index contributed by atoms with van der Waals surface area (Å²) in [4.78, 5) is 13.1. The second kappa shape index (κ2) is 8.94. The lowest BCUT2D eigenvalue weighted by atomic mass is 10.1. The van der Waals surface area contributed by atoms with E-state index >= 15 is 0 Å². The Hall–Kier alpha value is -3.12. The number of carbonyl (C=O) groups excluding carboxylic acids is 1. The van der Waals surface area contributed by atoms with Gasteiger partial charge in [0.05, 0.1) is 16.6 Å². The highest BCUT2D eigenvalue weighted by Crippen LogP contribution is 2.27. The van der Waals surface area contributed by atoms with Gasteiger partial charge in [-0.2, -0.15) is 0 Å². The van der Waals surface area contributed by atoms with E-state index in [4.69, 9.17) is 0 Å². The second-order valence-electron chi connectivity index (χ2n) is 7.89. The lowest BCUT2D eigenvalue weighted by Gasteiger charge is -2.22. The summed E-state index contributed by atoms with van der Waals surface area (Å²) in [6.07, 6.45) is 0. The van der Waals surface area contributed by atoms with Gasteiger partial charge >= 0.3 is 0 Å². The van der Waals surface area contributed by atoms with Crippen LogP contribution in [0.3, 0.4) is 0 Å². The van der Waals surface area contributed by atoms with Crippen LogP contribution in [0.15, 0.2) is 71.6 Å². The molecule has 0 aliphatic carbocycles. The molecule has 0 spiro atoms. The Kier molecular flexibility index (Phi) is 6.51. The van der Waals surface area contributed by atoms with Crippen LogP contribution in [-0.2, 0) is 10.0 Å². The van der Waals surface area contributed by atoms with Crippen molar-refractivity contribution in [1.82, 2.24) is 5.32 Å². The monoisotopic (exact) mass is 436 g/mol. The Labute approximate surface area is 184 Å². The van der Waals surface area contributed by atoms with Crippen molar-refractivity contribution in [2.24, 2.45) is 0 Å². The first kappa shape index (κ1) is 22.6. The highest BCUT2D eigenvalue weighted by molar-refractivity contribution is 7.92. The summed E-state index contributed by atoms with van der Waals surface area (Å²) in [7, 11) is -2.23. The molecule has 0 radical (unpaired) electrons. The first-order valence-electron chi connectivity index (χ1n) is 10.1. The summed E-state index contributed by atoms with van der Waals surface area (Å²) < 4.78 is 27.4. The number of aryl methyl sites for hydroxylation is 3. The number of carbonyl (C=O) groups is 1. The Morgan fingerprint density at radius 2 is 1.42 bits per heavy atom. The number of rotatable bonds is 6. The second-order valence-corrected chi connectivity index (χ2v) is 9.86. The number of nitrogens with one attached hydrogen (secondary N) is 1. The van der Waals surface area contributed by atoms with Crippen LogP contribution in [0.5, 0.6) is 0 Å². The molecule has 0 aliphatic heterocycles. The maximum absolute atomic E-state index is 13.1. The Bertz CT molecular complexity index is 1180. The van der Waals surface area contributed by atoms with E-state index in [1.807, 2.05) is 52.0 Å². The van der Waals surface area contributed by atoms with Gasteiger partial charge < -0.3 is 5.32 Å². The van der Waals surface area contributed by atoms with E-state index in [0.29, 0.717) is 11.3 Å². The molecule has 1 amide bonds. The molecule has 0 saturated heterocycles. The quantitative estimate of drug-likeness (QED) is 0.596. The van der Waals surface area contributed by atoms with Crippen LogP contribution in [0, 0.1) is 20.8 Å². The van der Waals surface area contributed by atoms with E-state index in [9.17, 15) is 13.2 Å². The molecule has 1 unspecified atom stereocenters. The number of anilines is 1. The summed E-state index contributed by atoms with van der Waals surface area (Å²) in [6, 6.07) is 19.6. The normalized spacial score (nSPS) is 12.3. The van der Waals surface area contributed by atoms with E-state index in [2.05, 4.69) is 5.32 Å². The van der Waals surface area contributed by atoms with Crippen molar-refractivity contribution in [3.8, 4) is 0 Å². The van der Waals surface area contributed by atoms with Gasteiger partial charge in [0, 0.05) is 12.6 Å². The smallest absolute Gasteiger partial charge is 0.264 e. The molecule has 6 heteroatoms. The van der Waals surface area contributed by atoms with Crippen molar-refractivity contribution in [3.63, 3.8) is 0 Å². The third kappa shape index (κ3) is 4.97. The van der Waals surface area contributed by atoms with Crippen molar-refractivity contribution in [2.75, 3.05) is 11.4 Å². The molecule has 0 saturated carbocycles. The fourth-order valence-electron chi connectivity index (χ4n) is 3.31. The van der Waals surface area contributed by atoms with Crippen molar-refractivity contribution in [3.05, 3.63) is 94.5 Å². The number of benzene rings is 3. The molecule has 3 rings (SSSR count). The molecule has 1 N–H and O–H groups in total. The minimum absolute atomic E-state index is 0.174. The average molecular weight is 437 g/mol. The van der Waals surface area contributed by atoms with Crippen molar-refractivity contribution >= 4 is 21.6 Å². The van der Waals surface area contributed by atoms with Crippen LogP contribution in [0.25, 0.3) is 0 Å². The molecule has 0 fully saturated rings. The Morgan fingerprint density at radius 1 is 0.871 bits per heavy atom. The minimum atomic E-state index is -3.74. The van der Waals surface area contributed by atoms with Gasteiger partial charge in [-0.25, -0.2) is 8.42 Å². The van der Waals surface area contributed by atoms with E-state index in [1.165, 1.54) is 11.4 Å². The van der Waals surface area contributed by atoms with E-state index in [0.717, 1.165) is 22.3 Å². The maximum Gasteiger partial charge on any atom is 0.264 e. The summed E-state index contributed by atoms with van der Waals surface area (Å²) in [6.45, 7) is 7.67. The topological polar surface area (TPSA) is 66.5 Å². The van der Waals surface area contributed by atoms with Crippen LogP contribution in [0.4, 0.5) is 5.69 Å². The van der Waals surface area contributed by atoms with Gasteiger partial charge in [0.25, 0.3) is 15.9 Å². The molecule has 0 aliphatic rings. The molecule has 3 aromatic carbocycles. The van der Waals surface area contributed by atoms with Crippen molar-refractivity contribution in [2.45, 2.75) is 38.6 Å². The van der Waals surface area contributed by atoms with Gasteiger partial charge in [-0.1, -0.05) is 53.6 Å². The average Bonchev–Trinajstić information content (AvgIpc) is 2.74. The molecular weight excluding hydrogens is 408 g/mol. The largest absolute Gasteiger partial charge is 0.346 e. The summed E-state index contributed by atoms with van der Waals surface area (Å²) in [5.74, 6) is -0.254. The van der Waals surface area contributed by atoms with Crippen LogP contribution < -0.4 is 9.62 Å². The third-order valence-corrected chi connectivity index (χ3v) is 7.20. The van der Waals surface area contributed by atoms with Gasteiger partial charge in [0.15, 0.2) is 0 Å². The van der Waals surface area contributed by atoms with Crippen LogP contribution in [-0.4, -0.2) is 21.4 Å². The lowest BCUT2D eigenvalue weighted by molar-refractivity contribution is 0.0940. The number of sulfonamides is 1. The zero-order valence-electron chi connectivity index (χ0n) is 18.5. The van der Waals surface area contributed by atoms with Gasteiger partial charge in [-0.05, 0) is 63.1 Å². The van der Waals surface area contributed by atoms with E-state index in [1.54, 1.807) is 42.5 Å². The van der Waals surface area contributed by atoms with Gasteiger partial charge in [-0.15, -0.1) is 0 Å². The zero-order chi connectivity index (χ0) is 22.8. The fourth-order valence-corrected chi connectivity index (χ4v) is 4.56. The molecule has 1 atom stereocenters. The molecular formula is C25H28N2O3S. The number of amides is 1. The van der Waals surface area contributed by atoms with Gasteiger partial charge in [-0.3, -0.25) is 9.10 Å². The van der Waals surface area contributed by atoms with Gasteiger partial charge in [0.1, 0.15) is 0 Å². The van der Waals surface area contributed by atoms with E-state index in [-0.39, 0.29) is 16.8 Å². The lowest BCUT2D eigenvalue weighted by Crippen LogP contribution is -2.29. The molecule has 0 bridgehead atoms. The van der Waals surface area contributed by atoms with Crippen molar-refractivity contribution < 1.29 is 13.2 Å². The first-order chi connectivity index (χ1) is 14.6. The predicted octanol–water partition coefficient (Wildman–Crippen LogP) is 4.93. The molecule has 3 aromatic rings. The number of hydrogen-bond donors (Lipinski definition) is 1. The first-order valence-corrected chi connectivity index (χ1v) is 11.6. The Balaban J connectivity index is 1.86. The highest BCUT2D eigenvalue weighted by atomic mass is 32.2. The summed E-state index contributed by atoms with van der Waals surface area (Å²) >= 11 is 0. The van der Waals surface area contributed by atoms with Gasteiger partial charge in [0.2, 0.25) is 0 Å².